The van der Waals surface area contributed by atoms with Crippen LogP contribution >= 0.6 is 0 Å². The molecule has 15 nitrogen and oxygen atoms in total. The lowest BCUT2D eigenvalue weighted by Gasteiger charge is -2.23. The lowest BCUT2D eigenvalue weighted by Crippen LogP contribution is -2.58. The molecule has 30 heavy (non-hydrogen) atoms. The molecule has 4 amide bonds. The Morgan fingerprint density at radius 3 is 1.70 bits per heavy atom. The van der Waals surface area contributed by atoms with Crippen LogP contribution in [0.15, 0.2) is 0 Å². The summed E-state index contributed by atoms with van der Waals surface area (Å²) in [5.74, 6) is -7.12. The Bertz CT molecular complexity index is 670. The summed E-state index contributed by atoms with van der Waals surface area (Å²) in [5, 5.41) is 42.0. The maximum absolute atomic E-state index is 12.4. The second-order valence-electron chi connectivity index (χ2n) is 6.10. The van der Waals surface area contributed by atoms with Crippen molar-refractivity contribution in [2.45, 2.75) is 43.4 Å². The average Bonchev–Trinajstić information content (AvgIpc) is 2.66. The number of carbonyl (C=O) groups is 6. The van der Waals surface area contributed by atoms with E-state index >= 15 is 0 Å². The Hall–Kier alpha value is -3.30. The van der Waals surface area contributed by atoms with Crippen molar-refractivity contribution in [3.8, 4) is 0 Å². The number of carboxylic acids is 2. The van der Waals surface area contributed by atoms with E-state index in [0.29, 0.717) is 0 Å². The van der Waals surface area contributed by atoms with E-state index in [1.807, 2.05) is 10.6 Å². The molecule has 0 fully saturated rings. The van der Waals surface area contributed by atoms with Gasteiger partial charge >= 0.3 is 11.9 Å². The van der Waals surface area contributed by atoms with E-state index in [1.165, 1.54) is 0 Å². The molecule has 4 unspecified atom stereocenters. The van der Waals surface area contributed by atoms with Crippen LogP contribution in [0.2, 0.25) is 0 Å². The summed E-state index contributed by atoms with van der Waals surface area (Å²) in [6, 6.07) is -6.30. The van der Waals surface area contributed by atoms with Gasteiger partial charge in [0.05, 0.1) is 19.6 Å². The molecule has 11 N–H and O–H groups in total. The molecule has 0 aliphatic carbocycles. The van der Waals surface area contributed by atoms with Gasteiger partial charge in [0.2, 0.25) is 23.6 Å². The summed E-state index contributed by atoms with van der Waals surface area (Å²) in [7, 11) is 0. The summed E-state index contributed by atoms with van der Waals surface area (Å²) < 4.78 is 0. The lowest BCUT2D eigenvalue weighted by atomic mass is 10.1. The van der Waals surface area contributed by atoms with Crippen molar-refractivity contribution < 1.29 is 49.2 Å². The molecular formula is C15H25N5O10. The number of nitrogens with two attached hydrogens (primary N) is 2. The van der Waals surface area contributed by atoms with Crippen molar-refractivity contribution in [2.75, 3.05) is 13.2 Å². The number of aliphatic hydroxyl groups excluding tert-OH is 2. The predicted octanol–water partition coefficient (Wildman–Crippen LogP) is -5.42. The Morgan fingerprint density at radius 1 is 0.767 bits per heavy atom. The van der Waals surface area contributed by atoms with Crippen molar-refractivity contribution in [2.24, 2.45) is 11.5 Å². The van der Waals surface area contributed by atoms with Gasteiger partial charge in [-0.2, -0.15) is 0 Å². The van der Waals surface area contributed by atoms with E-state index in [2.05, 4.69) is 5.32 Å². The minimum Gasteiger partial charge on any atom is -0.481 e. The highest BCUT2D eigenvalue weighted by atomic mass is 16.4. The molecule has 0 spiro atoms. The van der Waals surface area contributed by atoms with Crippen molar-refractivity contribution >= 4 is 35.6 Å². The molecule has 0 bridgehead atoms. The second-order valence-corrected chi connectivity index (χ2v) is 6.10. The number of carbonyl (C=O) groups excluding carboxylic acids is 4. The second kappa shape index (κ2) is 13.0. The van der Waals surface area contributed by atoms with E-state index in [0.717, 1.165) is 0 Å². The van der Waals surface area contributed by atoms with E-state index in [1.54, 1.807) is 0 Å². The van der Waals surface area contributed by atoms with Gasteiger partial charge < -0.3 is 47.8 Å². The number of carboxylic acid groups (broad SMARTS) is 2. The van der Waals surface area contributed by atoms with Gasteiger partial charge in [0.25, 0.3) is 0 Å². The van der Waals surface area contributed by atoms with Crippen LogP contribution in [0.1, 0.15) is 19.3 Å². The van der Waals surface area contributed by atoms with Gasteiger partial charge in [0, 0.05) is 6.42 Å². The monoisotopic (exact) mass is 435 g/mol. The molecule has 0 aromatic rings. The Kier molecular flexibility index (Phi) is 11.6. The summed E-state index contributed by atoms with van der Waals surface area (Å²) in [6.07, 6.45) is -1.71. The van der Waals surface area contributed by atoms with Gasteiger partial charge in [-0.1, -0.05) is 0 Å². The fraction of sp³-hybridized carbons (Fsp3) is 0.600. The fourth-order valence-electron chi connectivity index (χ4n) is 2.04. The number of nitrogens with one attached hydrogen (secondary N) is 3. The minimum absolute atomic E-state index is 0.412. The highest BCUT2D eigenvalue weighted by molar-refractivity contribution is 5.95. The summed E-state index contributed by atoms with van der Waals surface area (Å²) in [6.45, 7) is -1.74. The molecular weight excluding hydrogens is 410 g/mol. The number of aliphatic carboxylic acids is 2. The zero-order chi connectivity index (χ0) is 23.4. The standard InChI is InChI=1S/C15H25N5O10/c16-6(4-21)12(26)18-7(1-2-11(24)25)13(27)20-9(5-22)14(28)19-8(15(29)30)3-10(17)23/h6-9,21-22H,1-5,16H2,(H2,17,23)(H,18,26)(H,19,28)(H,20,27)(H,24,25)(H,29,30). The summed E-state index contributed by atoms with van der Waals surface area (Å²) in [4.78, 5) is 69.0. The Labute approximate surface area is 169 Å². The zero-order valence-electron chi connectivity index (χ0n) is 15.7. The predicted molar refractivity (Wildman–Crippen MR) is 96.3 cm³/mol. The van der Waals surface area contributed by atoms with E-state index < -0.39 is 92.2 Å². The van der Waals surface area contributed by atoms with Crippen LogP contribution < -0.4 is 27.4 Å². The molecule has 0 aliphatic rings. The third-order valence-corrected chi connectivity index (χ3v) is 3.65. The van der Waals surface area contributed by atoms with Gasteiger partial charge in [0.1, 0.15) is 24.2 Å². The number of primary amides is 1. The Balaban J connectivity index is 5.26. The maximum atomic E-state index is 12.4. The summed E-state index contributed by atoms with van der Waals surface area (Å²) >= 11 is 0. The molecule has 0 aliphatic heterocycles. The highest BCUT2D eigenvalue weighted by Gasteiger charge is 2.30. The van der Waals surface area contributed by atoms with Crippen molar-refractivity contribution in [1.82, 2.24) is 16.0 Å². The van der Waals surface area contributed by atoms with Crippen LogP contribution in [-0.2, 0) is 28.8 Å². The molecule has 170 valence electrons. The average molecular weight is 435 g/mol. The van der Waals surface area contributed by atoms with Gasteiger partial charge in [-0.25, -0.2) is 4.79 Å². The molecule has 4 atom stereocenters. The zero-order valence-corrected chi connectivity index (χ0v) is 15.7. The molecule has 0 saturated carbocycles. The first-order valence-corrected chi connectivity index (χ1v) is 8.54. The van der Waals surface area contributed by atoms with Crippen LogP contribution in [0.5, 0.6) is 0 Å². The smallest absolute Gasteiger partial charge is 0.326 e. The summed E-state index contributed by atoms with van der Waals surface area (Å²) in [5.41, 5.74) is 10.2. The third kappa shape index (κ3) is 9.76. The molecule has 0 radical (unpaired) electrons. The van der Waals surface area contributed by atoms with Crippen molar-refractivity contribution in [3.05, 3.63) is 0 Å². The van der Waals surface area contributed by atoms with Crippen LogP contribution in [0.4, 0.5) is 0 Å². The number of hydrogen-bond donors (Lipinski definition) is 9. The van der Waals surface area contributed by atoms with Crippen molar-refractivity contribution in [1.29, 1.82) is 0 Å². The lowest BCUT2D eigenvalue weighted by molar-refractivity contribution is -0.144. The highest BCUT2D eigenvalue weighted by Crippen LogP contribution is 2.01. The number of hydrogen-bond acceptors (Lipinski definition) is 9. The topological polar surface area (TPSA) is 271 Å². The SMILES string of the molecule is NC(=O)CC(NC(=O)C(CO)NC(=O)C(CCC(=O)O)NC(=O)C(N)CO)C(=O)O. The van der Waals surface area contributed by atoms with E-state index in [-0.39, 0.29) is 0 Å². The number of rotatable bonds is 14. The minimum atomic E-state index is -1.72. The van der Waals surface area contributed by atoms with E-state index in [4.69, 9.17) is 26.8 Å². The van der Waals surface area contributed by atoms with Gasteiger partial charge in [0.15, 0.2) is 0 Å². The van der Waals surface area contributed by atoms with Crippen LogP contribution in [0.25, 0.3) is 0 Å². The van der Waals surface area contributed by atoms with Crippen molar-refractivity contribution in [3.63, 3.8) is 0 Å². The number of amides is 4. The fourth-order valence-corrected chi connectivity index (χ4v) is 2.04. The van der Waals surface area contributed by atoms with Crippen LogP contribution in [0, 0.1) is 0 Å². The van der Waals surface area contributed by atoms with Gasteiger partial charge in [-0.05, 0) is 6.42 Å². The largest absolute Gasteiger partial charge is 0.481 e. The van der Waals surface area contributed by atoms with E-state index in [9.17, 15) is 33.9 Å². The first-order valence-electron chi connectivity index (χ1n) is 8.54. The molecule has 0 rings (SSSR count). The van der Waals surface area contributed by atoms with Gasteiger partial charge in [-0.3, -0.25) is 24.0 Å². The van der Waals surface area contributed by atoms with Crippen LogP contribution in [0.3, 0.4) is 0 Å². The van der Waals surface area contributed by atoms with Crippen LogP contribution in [-0.4, -0.2) is 93.4 Å². The van der Waals surface area contributed by atoms with Gasteiger partial charge in [-0.15, -0.1) is 0 Å². The molecule has 0 saturated heterocycles. The normalized spacial score (nSPS) is 14.5. The molecule has 0 heterocycles. The Morgan fingerprint density at radius 2 is 1.27 bits per heavy atom. The third-order valence-electron chi connectivity index (χ3n) is 3.65. The molecule has 0 aromatic heterocycles. The first kappa shape index (κ1) is 26.7. The molecule has 15 heteroatoms. The quantitative estimate of drug-likeness (QED) is 0.124. The number of aliphatic hydroxyl groups is 2. The maximum Gasteiger partial charge on any atom is 0.326 e. The molecule has 0 aromatic carbocycles. The first-order chi connectivity index (χ1) is 13.9.